The zero-order chi connectivity index (χ0) is 27.1. The van der Waals surface area contributed by atoms with E-state index in [1.807, 2.05) is 4.98 Å². The first-order valence-corrected chi connectivity index (χ1v) is 11.0. The highest BCUT2D eigenvalue weighted by Crippen LogP contribution is 2.27. The number of amides is 1. The van der Waals surface area contributed by atoms with Gasteiger partial charge in [-0.25, -0.2) is 22.5 Å². The molecule has 1 aromatic carbocycles. The third kappa shape index (κ3) is 5.81. The summed E-state index contributed by atoms with van der Waals surface area (Å²) < 4.78 is 70.2. The number of aromatic nitrogens is 2. The fourth-order valence-electron chi connectivity index (χ4n) is 4.08. The van der Waals surface area contributed by atoms with E-state index in [1.54, 1.807) is 9.80 Å². The van der Waals surface area contributed by atoms with Gasteiger partial charge in [0.05, 0.1) is 40.3 Å². The molecule has 6 radical (unpaired) electrons. The van der Waals surface area contributed by atoms with E-state index in [9.17, 15) is 27.2 Å². The molecule has 186 valence electrons. The minimum absolute atomic E-state index is 0.0377. The summed E-state index contributed by atoms with van der Waals surface area (Å²) in [7, 11) is 15.9. The zero-order valence-corrected chi connectivity index (χ0v) is 19.2. The Kier molecular flexibility index (Phi) is 7.36. The number of rotatable bonds is 6. The highest BCUT2D eigenvalue weighted by Gasteiger charge is 2.25. The number of carbonyl (C=O) groups excluding carboxylic acids is 1. The van der Waals surface area contributed by atoms with Gasteiger partial charge in [-0.2, -0.15) is 4.39 Å². The molecule has 2 aromatic heterocycles. The van der Waals surface area contributed by atoms with Crippen molar-refractivity contribution < 1.29 is 26.7 Å². The van der Waals surface area contributed by atoms with Gasteiger partial charge in [0, 0.05) is 43.7 Å². The van der Waals surface area contributed by atoms with Crippen LogP contribution in [0.2, 0.25) is 0 Å². The Morgan fingerprint density at radius 1 is 1.11 bits per heavy atom. The number of carbonyl (C=O) groups is 1. The number of aromatic amines is 1. The number of benzene rings is 1. The van der Waals surface area contributed by atoms with Crippen molar-refractivity contribution in [3.8, 4) is 0 Å². The first-order valence-electron chi connectivity index (χ1n) is 11.0. The third-order valence-corrected chi connectivity index (χ3v) is 5.86. The number of H-pyrrole nitrogens is 1. The summed E-state index contributed by atoms with van der Waals surface area (Å²) in [6.45, 7) is 1.22. The van der Waals surface area contributed by atoms with Gasteiger partial charge in [-0.3, -0.25) is 14.5 Å². The van der Waals surface area contributed by atoms with Crippen molar-refractivity contribution >= 4 is 46.0 Å². The van der Waals surface area contributed by atoms with Crippen molar-refractivity contribution in [2.75, 3.05) is 31.1 Å². The van der Waals surface area contributed by atoms with Gasteiger partial charge < -0.3 is 15.2 Å². The molecule has 37 heavy (non-hydrogen) atoms. The maximum atomic E-state index is 15.0. The largest absolute Gasteiger partial charge is 0.371 e. The first kappa shape index (κ1) is 26.7. The SMILES string of the molecule is [B]C([B])([B])NC(=O)c1ccc(N2CCN(Cc3cc(F)c4cc(C(F)F)c(=O)[nH]c4c3F)CC2)c(F)n1. The van der Waals surface area contributed by atoms with Crippen LogP contribution in [0.25, 0.3) is 10.9 Å². The number of hydrogen-bond donors (Lipinski definition) is 2. The molecule has 0 saturated carbocycles. The molecule has 4 rings (SSSR count). The Bertz CT molecular complexity index is 1410. The Labute approximate surface area is 211 Å². The smallest absolute Gasteiger partial charge is 0.269 e. The average molecular weight is 511 g/mol. The summed E-state index contributed by atoms with van der Waals surface area (Å²) >= 11 is 0. The number of pyridine rings is 2. The Balaban J connectivity index is 1.46. The number of nitrogens with zero attached hydrogens (tertiary/aromatic N) is 3. The van der Waals surface area contributed by atoms with E-state index in [2.05, 4.69) is 10.3 Å². The molecule has 3 heterocycles. The van der Waals surface area contributed by atoms with Crippen LogP contribution in [0.5, 0.6) is 0 Å². The Morgan fingerprint density at radius 3 is 2.38 bits per heavy atom. The van der Waals surface area contributed by atoms with E-state index in [4.69, 9.17) is 23.5 Å². The summed E-state index contributed by atoms with van der Waals surface area (Å²) in [5.74, 6) is -3.64. The summed E-state index contributed by atoms with van der Waals surface area (Å²) in [4.78, 5) is 32.9. The molecule has 7 nitrogen and oxygen atoms in total. The van der Waals surface area contributed by atoms with E-state index in [0.717, 1.165) is 6.07 Å². The molecule has 1 fully saturated rings. The summed E-state index contributed by atoms with van der Waals surface area (Å²) in [5, 5.41) is -0.391. The molecule has 1 amide bonds. The van der Waals surface area contributed by atoms with Gasteiger partial charge in [0.15, 0.2) is 5.82 Å². The number of fused-ring (bicyclic) bond motifs is 1. The molecule has 0 unspecified atom stereocenters. The lowest BCUT2D eigenvalue weighted by Gasteiger charge is -2.36. The first-order chi connectivity index (χ1) is 17.3. The highest BCUT2D eigenvalue weighted by molar-refractivity contribution is 6.60. The van der Waals surface area contributed by atoms with Crippen LogP contribution in [0.1, 0.15) is 28.0 Å². The fourth-order valence-corrected chi connectivity index (χ4v) is 4.08. The summed E-state index contributed by atoms with van der Waals surface area (Å²) in [5.41, 5.74) is -2.85. The molecule has 0 bridgehead atoms. The maximum Gasteiger partial charge on any atom is 0.269 e. The van der Waals surface area contributed by atoms with Crippen LogP contribution in [0.3, 0.4) is 0 Å². The number of anilines is 1. The van der Waals surface area contributed by atoms with Gasteiger partial charge in [-0.15, -0.1) is 0 Å². The van der Waals surface area contributed by atoms with Crippen molar-refractivity contribution in [1.29, 1.82) is 0 Å². The third-order valence-electron chi connectivity index (χ3n) is 5.86. The number of piperazine rings is 1. The van der Waals surface area contributed by atoms with E-state index in [0.29, 0.717) is 32.2 Å². The lowest BCUT2D eigenvalue weighted by molar-refractivity contribution is 0.0946. The second-order valence-corrected chi connectivity index (χ2v) is 8.63. The number of halogens is 5. The fraction of sp³-hybridized carbons (Fsp3) is 0.318. The molecule has 0 atom stereocenters. The van der Waals surface area contributed by atoms with Crippen LogP contribution < -0.4 is 15.8 Å². The molecule has 0 spiro atoms. The number of alkyl halides is 2. The predicted octanol–water partition coefficient (Wildman–Crippen LogP) is 1.45. The molecule has 1 aliphatic heterocycles. The Hall–Kier alpha value is -3.35. The minimum Gasteiger partial charge on any atom is -0.371 e. The topological polar surface area (TPSA) is 81.3 Å². The van der Waals surface area contributed by atoms with Crippen molar-refractivity contribution in [1.82, 2.24) is 20.2 Å². The molecule has 0 aliphatic carbocycles. The molecule has 2 N–H and O–H groups in total. The van der Waals surface area contributed by atoms with Crippen molar-refractivity contribution in [2.24, 2.45) is 0 Å². The van der Waals surface area contributed by atoms with E-state index in [1.165, 1.54) is 12.1 Å². The second kappa shape index (κ2) is 10.2. The lowest BCUT2D eigenvalue weighted by atomic mass is 9.49. The van der Waals surface area contributed by atoms with Crippen LogP contribution >= 0.6 is 0 Å². The normalized spacial score (nSPS) is 14.9. The van der Waals surface area contributed by atoms with Gasteiger partial charge >= 0.3 is 0 Å². The quantitative estimate of drug-likeness (QED) is 0.298. The van der Waals surface area contributed by atoms with Crippen molar-refractivity contribution in [3.05, 3.63) is 69.0 Å². The lowest BCUT2D eigenvalue weighted by Crippen LogP contribution is -2.50. The van der Waals surface area contributed by atoms with Crippen LogP contribution in [0.4, 0.5) is 27.6 Å². The standard InChI is InChI=1S/C22H17B3F5N5O2/c23-22(24,25)33-21(37)14-1-2-15(19(30)31-14)35-5-3-34(4-6-35)9-10-7-13(26)11-8-12(18(28)29)20(36)32-17(11)16(10)27/h1-2,7-8,18H,3-6,9H2,(H,32,36)(H,33,37). The number of nitrogens with one attached hydrogen (secondary N) is 2. The van der Waals surface area contributed by atoms with Crippen LogP contribution in [-0.2, 0) is 6.54 Å². The maximum absolute atomic E-state index is 15.0. The molecule has 1 saturated heterocycles. The van der Waals surface area contributed by atoms with Gasteiger partial charge in [-0.1, -0.05) is 5.24 Å². The summed E-state index contributed by atoms with van der Waals surface area (Å²) in [6.07, 6.45) is -3.14. The van der Waals surface area contributed by atoms with Crippen LogP contribution in [0.15, 0.2) is 29.1 Å². The molecule has 15 heteroatoms. The minimum atomic E-state index is -3.14. The van der Waals surface area contributed by atoms with Gasteiger partial charge in [-0.05, 0) is 24.3 Å². The molecule has 3 aromatic rings. The molecule has 1 aliphatic rings. The van der Waals surface area contributed by atoms with E-state index < -0.39 is 57.2 Å². The van der Waals surface area contributed by atoms with Crippen LogP contribution in [0, 0.1) is 17.6 Å². The van der Waals surface area contributed by atoms with Gasteiger partial charge in [0.2, 0.25) is 5.95 Å². The van der Waals surface area contributed by atoms with Crippen LogP contribution in [-0.4, -0.2) is 75.7 Å². The van der Waals surface area contributed by atoms with Crippen molar-refractivity contribution in [3.63, 3.8) is 0 Å². The average Bonchev–Trinajstić information content (AvgIpc) is 2.81. The Morgan fingerprint density at radius 2 is 1.78 bits per heavy atom. The molecular formula is C22H17B3F5N5O2. The highest BCUT2D eigenvalue weighted by atomic mass is 19.3. The van der Waals surface area contributed by atoms with Gasteiger partial charge in [0.25, 0.3) is 17.9 Å². The molecular weight excluding hydrogens is 494 g/mol. The van der Waals surface area contributed by atoms with Crippen molar-refractivity contribution in [2.45, 2.75) is 18.2 Å². The van der Waals surface area contributed by atoms with Gasteiger partial charge in [0.1, 0.15) is 11.5 Å². The zero-order valence-electron chi connectivity index (χ0n) is 19.2. The van der Waals surface area contributed by atoms with E-state index >= 15 is 4.39 Å². The second-order valence-electron chi connectivity index (χ2n) is 8.63. The predicted molar refractivity (Wildman–Crippen MR) is 129 cm³/mol. The monoisotopic (exact) mass is 511 g/mol. The number of hydrogen-bond acceptors (Lipinski definition) is 5. The van der Waals surface area contributed by atoms with E-state index in [-0.39, 0.29) is 23.5 Å². The summed E-state index contributed by atoms with van der Waals surface area (Å²) in [6, 6.07) is 4.19.